The van der Waals surface area contributed by atoms with Crippen molar-refractivity contribution in [1.82, 2.24) is 0 Å². The molecule has 2 aromatic rings. The number of nitrogens with zero attached hydrogens (tertiary/aromatic N) is 1. The fraction of sp³-hybridized carbons (Fsp3) is 0.0625. The van der Waals surface area contributed by atoms with Gasteiger partial charge in [0.2, 0.25) is 0 Å². The molecule has 0 aliphatic carbocycles. The molecule has 0 spiro atoms. The maximum absolute atomic E-state index is 4.58. The van der Waals surface area contributed by atoms with Gasteiger partial charge in [-0.1, -0.05) is 30.0 Å². The zero-order chi connectivity index (χ0) is 13.4. The minimum Gasteiger partial charge on any atom is -0.360 e. The van der Waals surface area contributed by atoms with Crippen LogP contribution in [0.4, 0.5) is 11.4 Å². The fourth-order valence-corrected chi connectivity index (χ4v) is 4.11. The van der Waals surface area contributed by atoms with Gasteiger partial charge < -0.3 is 5.32 Å². The normalized spacial score (nSPS) is 19.1. The van der Waals surface area contributed by atoms with Gasteiger partial charge in [0.1, 0.15) is 0 Å². The average molecular weight is 296 g/mol. The van der Waals surface area contributed by atoms with Crippen molar-refractivity contribution in [3.63, 3.8) is 0 Å². The number of benzene rings is 2. The molecule has 2 aliphatic heterocycles. The predicted octanol–water partition coefficient (Wildman–Crippen LogP) is 5.22. The van der Waals surface area contributed by atoms with E-state index in [1.807, 2.05) is 30.2 Å². The zero-order valence-electron chi connectivity index (χ0n) is 10.6. The van der Waals surface area contributed by atoms with Gasteiger partial charge in [-0.2, -0.15) is 0 Å². The fourth-order valence-electron chi connectivity index (χ4n) is 2.30. The highest BCUT2D eigenvalue weighted by atomic mass is 32.2. The second-order valence-electron chi connectivity index (χ2n) is 4.60. The van der Waals surface area contributed by atoms with Crippen LogP contribution in [0.15, 0.2) is 68.9 Å². The Morgan fingerprint density at radius 2 is 2.00 bits per heavy atom. The van der Waals surface area contributed by atoms with Crippen LogP contribution in [0.5, 0.6) is 0 Å². The Morgan fingerprint density at radius 1 is 1.05 bits per heavy atom. The number of hydrogen-bond acceptors (Lipinski definition) is 4. The molecule has 98 valence electrons. The number of rotatable bonds is 1. The van der Waals surface area contributed by atoms with Crippen LogP contribution >= 0.6 is 23.5 Å². The maximum atomic E-state index is 4.58. The van der Waals surface area contributed by atoms with Crippen molar-refractivity contribution in [2.45, 2.75) is 15.0 Å². The first-order valence-electron chi connectivity index (χ1n) is 6.42. The van der Waals surface area contributed by atoms with Crippen molar-refractivity contribution in [3.05, 3.63) is 59.6 Å². The van der Waals surface area contributed by atoms with E-state index in [-0.39, 0.29) is 0 Å². The van der Waals surface area contributed by atoms with Gasteiger partial charge >= 0.3 is 0 Å². The van der Waals surface area contributed by atoms with Crippen molar-refractivity contribution in [2.24, 2.45) is 4.99 Å². The summed E-state index contributed by atoms with van der Waals surface area (Å²) in [5.74, 6) is 0. The summed E-state index contributed by atoms with van der Waals surface area (Å²) in [7, 11) is 0. The molecule has 1 unspecified atom stereocenters. The van der Waals surface area contributed by atoms with E-state index in [4.69, 9.17) is 0 Å². The van der Waals surface area contributed by atoms with Gasteiger partial charge in [-0.25, -0.2) is 0 Å². The van der Waals surface area contributed by atoms with E-state index in [0.717, 1.165) is 5.69 Å². The largest absolute Gasteiger partial charge is 0.360 e. The Labute approximate surface area is 126 Å². The molecule has 20 heavy (non-hydrogen) atoms. The van der Waals surface area contributed by atoms with Crippen LogP contribution in [-0.4, -0.2) is 6.21 Å². The van der Waals surface area contributed by atoms with E-state index < -0.39 is 0 Å². The number of nitrogens with one attached hydrogen (secondary N) is 1. The lowest BCUT2D eigenvalue weighted by atomic mass is 10.1. The molecule has 4 heteroatoms. The number of anilines is 1. The van der Waals surface area contributed by atoms with Gasteiger partial charge in [0.15, 0.2) is 0 Å². The van der Waals surface area contributed by atoms with Gasteiger partial charge in [0, 0.05) is 22.2 Å². The highest BCUT2D eigenvalue weighted by Crippen LogP contribution is 2.44. The smallest absolute Gasteiger partial charge is 0.0762 e. The number of thioether (sulfide) groups is 2. The number of fused-ring (bicyclic) bond motifs is 2. The summed E-state index contributed by atoms with van der Waals surface area (Å²) in [5, 5.41) is 5.63. The molecule has 2 aliphatic rings. The van der Waals surface area contributed by atoms with Gasteiger partial charge in [-0.15, -0.1) is 11.8 Å². The molecule has 0 aromatic heterocycles. The molecule has 2 nitrogen and oxygen atoms in total. The average Bonchev–Trinajstić information content (AvgIpc) is 2.54. The summed E-state index contributed by atoms with van der Waals surface area (Å²) in [4.78, 5) is 7.11. The molecular formula is C16H12N2S2. The SMILES string of the molecule is C1=CSc2cc(C3C=Nc4ccccc4S3)ccc2N1. The Bertz CT molecular complexity index is 722. The van der Waals surface area contributed by atoms with E-state index in [1.54, 1.807) is 11.8 Å². The van der Waals surface area contributed by atoms with E-state index in [0.29, 0.717) is 5.25 Å². The van der Waals surface area contributed by atoms with Crippen molar-refractivity contribution >= 4 is 41.1 Å². The molecule has 0 amide bonds. The Kier molecular flexibility index (Phi) is 3.05. The molecule has 2 heterocycles. The second-order valence-corrected chi connectivity index (χ2v) is 6.74. The summed E-state index contributed by atoms with van der Waals surface area (Å²) in [5.41, 5.74) is 3.56. The monoisotopic (exact) mass is 296 g/mol. The Morgan fingerprint density at radius 3 is 3.00 bits per heavy atom. The van der Waals surface area contributed by atoms with Gasteiger partial charge in [0.05, 0.1) is 16.6 Å². The third-order valence-electron chi connectivity index (χ3n) is 3.30. The summed E-state index contributed by atoms with van der Waals surface area (Å²) in [6, 6.07) is 14.9. The number of aliphatic imine (C=N–C) groups is 1. The molecule has 1 N–H and O–H groups in total. The van der Waals surface area contributed by atoms with E-state index in [9.17, 15) is 0 Å². The maximum Gasteiger partial charge on any atom is 0.0762 e. The van der Waals surface area contributed by atoms with Crippen LogP contribution < -0.4 is 5.32 Å². The second kappa shape index (κ2) is 5.04. The predicted molar refractivity (Wildman–Crippen MR) is 88.3 cm³/mol. The lowest BCUT2D eigenvalue weighted by Crippen LogP contribution is -2.01. The van der Waals surface area contributed by atoms with Crippen molar-refractivity contribution in [3.8, 4) is 0 Å². The highest BCUT2D eigenvalue weighted by molar-refractivity contribution is 8.02. The highest BCUT2D eigenvalue weighted by Gasteiger charge is 2.18. The molecular weight excluding hydrogens is 284 g/mol. The van der Waals surface area contributed by atoms with Crippen molar-refractivity contribution in [1.29, 1.82) is 0 Å². The van der Waals surface area contributed by atoms with Crippen LogP contribution in [0.3, 0.4) is 0 Å². The first-order chi connectivity index (χ1) is 9.90. The summed E-state index contributed by atoms with van der Waals surface area (Å²) >= 11 is 3.62. The molecule has 1 atom stereocenters. The summed E-state index contributed by atoms with van der Waals surface area (Å²) < 4.78 is 0. The minimum atomic E-state index is 0.293. The molecule has 2 aromatic carbocycles. The van der Waals surface area contributed by atoms with Gasteiger partial charge in [-0.05, 0) is 35.2 Å². The Balaban J connectivity index is 1.67. The lowest BCUT2D eigenvalue weighted by molar-refractivity contribution is 1.22. The molecule has 4 rings (SSSR count). The van der Waals surface area contributed by atoms with Crippen LogP contribution in [0.1, 0.15) is 10.8 Å². The number of para-hydroxylation sites is 1. The zero-order valence-corrected chi connectivity index (χ0v) is 12.2. The lowest BCUT2D eigenvalue weighted by Gasteiger charge is -2.20. The third-order valence-corrected chi connectivity index (χ3v) is 5.42. The van der Waals surface area contributed by atoms with Gasteiger partial charge in [0.25, 0.3) is 0 Å². The molecule has 0 radical (unpaired) electrons. The van der Waals surface area contributed by atoms with Gasteiger partial charge in [-0.3, -0.25) is 4.99 Å². The quantitative estimate of drug-likeness (QED) is 0.780. The van der Waals surface area contributed by atoms with Crippen LogP contribution in [0.25, 0.3) is 0 Å². The van der Waals surface area contributed by atoms with Crippen molar-refractivity contribution < 1.29 is 0 Å². The Hall–Kier alpha value is -1.65. The standard InChI is InChI=1S/C16H12N2S2/c1-2-4-14-12(3-1)18-10-16(20-14)11-5-6-13-15(9-11)19-8-7-17-13/h1-10,16-17H. The van der Waals surface area contributed by atoms with E-state index in [1.165, 1.54) is 21.0 Å². The first kappa shape index (κ1) is 12.1. The third kappa shape index (κ3) is 2.15. The van der Waals surface area contributed by atoms with E-state index in [2.05, 4.69) is 52.1 Å². The van der Waals surface area contributed by atoms with Crippen LogP contribution in [0, 0.1) is 0 Å². The van der Waals surface area contributed by atoms with Crippen LogP contribution in [0.2, 0.25) is 0 Å². The summed E-state index contributed by atoms with van der Waals surface area (Å²) in [6.07, 6.45) is 4.02. The number of hydrogen-bond donors (Lipinski definition) is 1. The topological polar surface area (TPSA) is 24.4 Å². The van der Waals surface area contributed by atoms with Crippen molar-refractivity contribution in [2.75, 3.05) is 5.32 Å². The van der Waals surface area contributed by atoms with E-state index >= 15 is 0 Å². The molecule has 0 bridgehead atoms. The molecule has 0 saturated heterocycles. The molecule has 0 saturated carbocycles. The summed E-state index contributed by atoms with van der Waals surface area (Å²) in [6.45, 7) is 0. The first-order valence-corrected chi connectivity index (χ1v) is 8.18. The van der Waals surface area contributed by atoms with Crippen LogP contribution in [-0.2, 0) is 0 Å². The molecule has 0 fully saturated rings. The minimum absolute atomic E-state index is 0.293.